The standard InChI is InChI=1S/C16H18N4O3S.ClH/c21-15(18-8-6-11-5-7-17-9-11)14-10-24-16(19-14)12-1-3-13(4-2-12)20(22)23;/h1-4,10-11,17H,5-9H2,(H,18,21);1H. The SMILES string of the molecule is Cl.O=C(NCCC1CCNC1)c1csc(-c2ccc([N+](=O)[O-])cc2)n1. The van der Waals surface area contributed by atoms with Crippen LogP contribution in [0.2, 0.25) is 0 Å². The van der Waals surface area contributed by atoms with Gasteiger partial charge in [-0.2, -0.15) is 0 Å². The molecule has 1 unspecified atom stereocenters. The number of nitrogens with one attached hydrogen (secondary N) is 2. The highest BCUT2D eigenvalue weighted by atomic mass is 35.5. The van der Waals surface area contributed by atoms with Crippen LogP contribution in [0.3, 0.4) is 0 Å². The minimum Gasteiger partial charge on any atom is -0.351 e. The van der Waals surface area contributed by atoms with Crippen LogP contribution in [0.25, 0.3) is 10.6 Å². The third kappa shape index (κ3) is 4.97. The van der Waals surface area contributed by atoms with Crippen molar-refractivity contribution in [2.45, 2.75) is 12.8 Å². The van der Waals surface area contributed by atoms with Crippen LogP contribution in [0, 0.1) is 16.0 Å². The van der Waals surface area contributed by atoms with Crippen LogP contribution in [0.4, 0.5) is 5.69 Å². The number of aromatic nitrogens is 1. The molecule has 0 bridgehead atoms. The van der Waals surface area contributed by atoms with Crippen LogP contribution >= 0.6 is 23.7 Å². The minimum absolute atomic E-state index is 0. The Morgan fingerprint density at radius 2 is 2.16 bits per heavy atom. The van der Waals surface area contributed by atoms with E-state index in [9.17, 15) is 14.9 Å². The molecule has 1 aromatic heterocycles. The topological polar surface area (TPSA) is 97.2 Å². The third-order valence-corrected chi connectivity index (χ3v) is 4.95. The molecular weight excluding hydrogens is 364 g/mol. The van der Waals surface area contributed by atoms with Gasteiger partial charge in [0, 0.05) is 29.6 Å². The minimum atomic E-state index is -0.440. The van der Waals surface area contributed by atoms with Gasteiger partial charge in [0.15, 0.2) is 0 Å². The van der Waals surface area contributed by atoms with E-state index in [2.05, 4.69) is 15.6 Å². The number of carbonyl (C=O) groups excluding carboxylic acids is 1. The number of carbonyl (C=O) groups is 1. The highest BCUT2D eigenvalue weighted by Gasteiger charge is 2.16. The van der Waals surface area contributed by atoms with Gasteiger partial charge >= 0.3 is 0 Å². The smallest absolute Gasteiger partial charge is 0.270 e. The average molecular weight is 383 g/mol. The molecule has 1 aromatic carbocycles. The average Bonchev–Trinajstić information content (AvgIpc) is 3.26. The summed E-state index contributed by atoms with van der Waals surface area (Å²) in [5.41, 5.74) is 1.19. The van der Waals surface area contributed by atoms with E-state index in [1.54, 1.807) is 17.5 Å². The normalized spacial score (nSPS) is 16.2. The van der Waals surface area contributed by atoms with Crippen LogP contribution in [0.5, 0.6) is 0 Å². The number of hydrogen-bond acceptors (Lipinski definition) is 6. The van der Waals surface area contributed by atoms with Crippen molar-refractivity contribution in [1.29, 1.82) is 0 Å². The lowest BCUT2D eigenvalue weighted by Crippen LogP contribution is -2.26. The zero-order valence-electron chi connectivity index (χ0n) is 13.4. The second-order valence-electron chi connectivity index (χ2n) is 5.75. The number of non-ortho nitro benzene ring substituents is 1. The van der Waals surface area contributed by atoms with Crippen molar-refractivity contribution in [3.05, 3.63) is 45.5 Å². The predicted molar refractivity (Wildman–Crippen MR) is 99.4 cm³/mol. The molecule has 1 saturated heterocycles. The van der Waals surface area contributed by atoms with Gasteiger partial charge < -0.3 is 10.6 Å². The summed E-state index contributed by atoms with van der Waals surface area (Å²) in [5.74, 6) is 0.460. The Morgan fingerprint density at radius 3 is 2.80 bits per heavy atom. The van der Waals surface area contributed by atoms with Gasteiger partial charge in [-0.05, 0) is 44.0 Å². The number of amides is 1. The number of nitrogens with zero attached hydrogens (tertiary/aromatic N) is 2. The van der Waals surface area contributed by atoms with Crippen molar-refractivity contribution in [1.82, 2.24) is 15.6 Å². The number of nitro groups is 1. The highest BCUT2D eigenvalue weighted by Crippen LogP contribution is 2.25. The molecule has 2 aromatic rings. The van der Waals surface area contributed by atoms with E-state index in [4.69, 9.17) is 0 Å². The number of rotatable bonds is 6. The molecule has 1 aliphatic heterocycles. The Labute approximate surface area is 155 Å². The van der Waals surface area contributed by atoms with Crippen molar-refractivity contribution >= 4 is 35.3 Å². The van der Waals surface area contributed by atoms with E-state index in [1.807, 2.05) is 0 Å². The van der Waals surface area contributed by atoms with Crippen LogP contribution < -0.4 is 10.6 Å². The molecule has 1 fully saturated rings. The Kier molecular flexibility index (Phi) is 6.86. The number of hydrogen-bond donors (Lipinski definition) is 2. The van der Waals surface area contributed by atoms with E-state index in [1.165, 1.54) is 23.5 Å². The molecule has 1 amide bonds. The van der Waals surface area contributed by atoms with Crippen LogP contribution in [0.15, 0.2) is 29.6 Å². The predicted octanol–water partition coefficient (Wildman–Crippen LogP) is 2.87. The molecule has 2 N–H and O–H groups in total. The van der Waals surface area contributed by atoms with E-state index < -0.39 is 4.92 Å². The van der Waals surface area contributed by atoms with Crippen molar-refractivity contribution < 1.29 is 9.72 Å². The maximum atomic E-state index is 12.1. The maximum Gasteiger partial charge on any atom is 0.270 e. The maximum absolute atomic E-state index is 12.1. The molecule has 9 heteroatoms. The Bertz CT molecular complexity index is 729. The van der Waals surface area contributed by atoms with Crippen LogP contribution in [-0.2, 0) is 0 Å². The first-order chi connectivity index (χ1) is 11.6. The van der Waals surface area contributed by atoms with E-state index in [0.717, 1.165) is 31.5 Å². The molecule has 134 valence electrons. The van der Waals surface area contributed by atoms with E-state index in [-0.39, 0.29) is 24.0 Å². The molecule has 0 spiro atoms. The first kappa shape index (κ1) is 19.3. The number of nitro benzene ring substituents is 1. The van der Waals surface area contributed by atoms with Crippen molar-refractivity contribution in [2.75, 3.05) is 19.6 Å². The fraction of sp³-hybridized carbons (Fsp3) is 0.375. The first-order valence-electron chi connectivity index (χ1n) is 7.83. The summed E-state index contributed by atoms with van der Waals surface area (Å²) in [6, 6.07) is 6.16. The summed E-state index contributed by atoms with van der Waals surface area (Å²) in [6.07, 6.45) is 2.13. The number of halogens is 1. The van der Waals surface area contributed by atoms with Crippen LogP contribution in [0.1, 0.15) is 23.3 Å². The summed E-state index contributed by atoms with van der Waals surface area (Å²) >= 11 is 1.35. The van der Waals surface area contributed by atoms with Gasteiger partial charge in [-0.1, -0.05) is 0 Å². The van der Waals surface area contributed by atoms with Gasteiger partial charge in [0.25, 0.3) is 11.6 Å². The Morgan fingerprint density at radius 1 is 1.40 bits per heavy atom. The molecule has 0 radical (unpaired) electrons. The monoisotopic (exact) mass is 382 g/mol. The van der Waals surface area contributed by atoms with Gasteiger partial charge in [-0.15, -0.1) is 23.7 Å². The molecule has 1 aliphatic rings. The van der Waals surface area contributed by atoms with Crippen LogP contribution in [-0.4, -0.2) is 35.4 Å². The first-order valence-corrected chi connectivity index (χ1v) is 8.71. The summed E-state index contributed by atoms with van der Waals surface area (Å²) in [7, 11) is 0. The lowest BCUT2D eigenvalue weighted by Gasteiger charge is -2.08. The van der Waals surface area contributed by atoms with E-state index >= 15 is 0 Å². The van der Waals surface area contributed by atoms with Gasteiger partial charge in [0.05, 0.1) is 4.92 Å². The molecule has 2 heterocycles. The largest absolute Gasteiger partial charge is 0.351 e. The molecule has 3 rings (SSSR count). The fourth-order valence-electron chi connectivity index (χ4n) is 2.68. The van der Waals surface area contributed by atoms with Crippen molar-refractivity contribution in [3.63, 3.8) is 0 Å². The molecular formula is C16H19ClN4O3S. The summed E-state index contributed by atoms with van der Waals surface area (Å²) < 4.78 is 0. The summed E-state index contributed by atoms with van der Waals surface area (Å²) in [5, 5.41) is 19.3. The summed E-state index contributed by atoms with van der Waals surface area (Å²) in [6.45, 7) is 2.73. The molecule has 0 saturated carbocycles. The lowest BCUT2D eigenvalue weighted by atomic mass is 10.1. The molecule has 0 aliphatic carbocycles. The van der Waals surface area contributed by atoms with Crippen molar-refractivity contribution in [3.8, 4) is 10.6 Å². The lowest BCUT2D eigenvalue weighted by molar-refractivity contribution is -0.384. The van der Waals surface area contributed by atoms with Crippen molar-refractivity contribution in [2.24, 2.45) is 5.92 Å². The van der Waals surface area contributed by atoms with Gasteiger partial charge in [-0.25, -0.2) is 4.98 Å². The summed E-state index contributed by atoms with van der Waals surface area (Å²) in [4.78, 5) is 26.7. The third-order valence-electron chi connectivity index (χ3n) is 4.06. The zero-order chi connectivity index (χ0) is 16.9. The zero-order valence-corrected chi connectivity index (χ0v) is 15.1. The van der Waals surface area contributed by atoms with Gasteiger partial charge in [0.2, 0.25) is 0 Å². The second-order valence-corrected chi connectivity index (χ2v) is 6.60. The molecule has 1 atom stereocenters. The molecule has 25 heavy (non-hydrogen) atoms. The van der Waals surface area contributed by atoms with Gasteiger partial charge in [-0.3, -0.25) is 14.9 Å². The van der Waals surface area contributed by atoms with E-state index in [0.29, 0.717) is 23.2 Å². The molecule has 7 nitrogen and oxygen atoms in total. The Balaban J connectivity index is 0.00000225. The Hall–Kier alpha value is -2.03. The highest BCUT2D eigenvalue weighted by molar-refractivity contribution is 7.13. The van der Waals surface area contributed by atoms with Gasteiger partial charge in [0.1, 0.15) is 10.7 Å². The number of benzene rings is 1. The second kappa shape index (κ2) is 8.89. The quantitative estimate of drug-likeness (QED) is 0.591. The number of thiazole rings is 1. The fourth-order valence-corrected chi connectivity index (χ4v) is 3.48.